The van der Waals surface area contributed by atoms with Crippen LogP contribution in [-0.4, -0.2) is 17.6 Å². The molecule has 4 heteroatoms. The number of imide groups is 1. The van der Waals surface area contributed by atoms with Gasteiger partial charge in [0.25, 0.3) is 0 Å². The van der Waals surface area contributed by atoms with Crippen molar-refractivity contribution < 1.29 is 14.4 Å². The summed E-state index contributed by atoms with van der Waals surface area (Å²) < 4.78 is 0. The molecule has 0 aromatic heterocycles. The Hall–Kier alpha value is -5.61. The second-order valence-corrected chi connectivity index (χ2v) is 14.0. The van der Waals surface area contributed by atoms with Crippen molar-refractivity contribution in [3.8, 4) is 0 Å². The number of hydrogen-bond donors (Lipinski definition) is 0. The summed E-state index contributed by atoms with van der Waals surface area (Å²) in [6.45, 7) is 4.15. The molecule has 4 nitrogen and oxygen atoms in total. The van der Waals surface area contributed by atoms with Crippen LogP contribution in [0.4, 0.5) is 5.69 Å². The van der Waals surface area contributed by atoms with Crippen LogP contribution in [0.15, 0.2) is 133 Å². The molecule has 0 unspecified atom stereocenters. The Kier molecular flexibility index (Phi) is 5.30. The Labute approximate surface area is 278 Å². The molecule has 10 rings (SSSR count). The number of carbonyl (C=O) groups excluding carboxylic acids is 3. The minimum atomic E-state index is -1.38. The van der Waals surface area contributed by atoms with Crippen molar-refractivity contribution in [1.29, 1.82) is 0 Å². The molecule has 2 aliphatic carbocycles. The number of rotatable bonds is 4. The van der Waals surface area contributed by atoms with Gasteiger partial charge in [0, 0.05) is 0 Å². The number of anilines is 1. The summed E-state index contributed by atoms with van der Waals surface area (Å²) in [6, 6.07) is 44.2. The lowest BCUT2D eigenvalue weighted by molar-refractivity contribution is -0.130. The van der Waals surface area contributed by atoms with Gasteiger partial charge in [-0.1, -0.05) is 141 Å². The maximum atomic E-state index is 16.1. The molecular weight excluding hydrogens is 590 g/mol. The molecule has 4 atom stereocenters. The van der Waals surface area contributed by atoms with Crippen molar-refractivity contribution >= 4 is 55.6 Å². The van der Waals surface area contributed by atoms with Gasteiger partial charge in [-0.05, 0) is 72.1 Å². The third-order valence-electron chi connectivity index (χ3n) is 11.7. The zero-order valence-electron chi connectivity index (χ0n) is 26.6. The summed E-state index contributed by atoms with van der Waals surface area (Å²) in [6.07, 6.45) is 0. The summed E-state index contributed by atoms with van der Waals surface area (Å²) in [5.74, 6) is -2.43. The van der Waals surface area contributed by atoms with Crippen molar-refractivity contribution in [2.75, 3.05) is 4.90 Å². The molecule has 1 aliphatic heterocycles. The first-order valence-corrected chi connectivity index (χ1v) is 16.8. The van der Waals surface area contributed by atoms with Gasteiger partial charge in [-0.25, -0.2) is 4.90 Å². The number of amides is 2. The van der Waals surface area contributed by atoms with Crippen LogP contribution >= 0.6 is 0 Å². The highest BCUT2D eigenvalue weighted by atomic mass is 16.2. The smallest absolute Gasteiger partial charge is 0.239 e. The van der Waals surface area contributed by atoms with E-state index < -0.39 is 22.7 Å². The van der Waals surface area contributed by atoms with Crippen molar-refractivity contribution in [2.45, 2.75) is 30.6 Å². The minimum Gasteiger partial charge on any atom is -0.297 e. The maximum absolute atomic E-state index is 16.1. The fourth-order valence-corrected chi connectivity index (χ4v) is 10.1. The average Bonchev–Trinajstić information content (AvgIpc) is 3.64. The Morgan fingerprint density at radius 1 is 0.521 bits per heavy atom. The molecule has 3 aliphatic rings. The van der Waals surface area contributed by atoms with Crippen LogP contribution in [0.5, 0.6) is 0 Å². The standard InChI is InChI=1S/C44H31NO3/c1-25(2)30-19-9-10-22-33(30)45-40(46)38-39(41(45)47)44(29-17-7-4-8-18-29)37-32-21-12-14-27-24-23-26-13-11-20-31(34(26)35(27)32)36(37)43(38,42(44)48)28-15-5-3-6-16-28/h3-25,38-39H,1-2H3/t38-,39+,43-,44-/m0/s1. The van der Waals surface area contributed by atoms with E-state index in [-0.39, 0.29) is 23.5 Å². The van der Waals surface area contributed by atoms with Crippen LogP contribution in [0, 0.1) is 11.8 Å². The Morgan fingerprint density at radius 3 is 1.46 bits per heavy atom. The molecule has 1 saturated heterocycles. The Bertz CT molecular complexity index is 2370. The van der Waals surface area contributed by atoms with Crippen molar-refractivity contribution in [3.63, 3.8) is 0 Å². The summed E-state index contributed by atoms with van der Waals surface area (Å²) >= 11 is 0. The molecule has 1 saturated carbocycles. The van der Waals surface area contributed by atoms with E-state index in [1.807, 2.05) is 84.9 Å². The third-order valence-corrected chi connectivity index (χ3v) is 11.7. The Balaban J connectivity index is 1.44. The monoisotopic (exact) mass is 621 g/mol. The first-order chi connectivity index (χ1) is 23.4. The first-order valence-electron chi connectivity index (χ1n) is 16.8. The predicted octanol–water partition coefficient (Wildman–Crippen LogP) is 8.68. The van der Waals surface area contributed by atoms with Crippen LogP contribution in [0.1, 0.15) is 47.6 Å². The van der Waals surface area contributed by atoms with Crippen molar-refractivity contribution in [2.24, 2.45) is 11.8 Å². The molecule has 2 fully saturated rings. The highest BCUT2D eigenvalue weighted by Crippen LogP contribution is 2.73. The number of para-hydroxylation sites is 1. The van der Waals surface area contributed by atoms with Gasteiger partial charge >= 0.3 is 0 Å². The highest BCUT2D eigenvalue weighted by molar-refractivity contribution is 6.36. The molecule has 0 spiro atoms. The molecule has 2 amide bonds. The summed E-state index contributed by atoms with van der Waals surface area (Å²) in [4.78, 5) is 48.2. The fourth-order valence-electron chi connectivity index (χ4n) is 10.1. The van der Waals surface area contributed by atoms with E-state index in [0.29, 0.717) is 5.69 Å². The zero-order chi connectivity index (χ0) is 32.5. The normalized spacial score (nSPS) is 24.5. The van der Waals surface area contributed by atoms with E-state index in [4.69, 9.17) is 0 Å². The van der Waals surface area contributed by atoms with Gasteiger partial charge in [-0.15, -0.1) is 0 Å². The average molecular weight is 622 g/mol. The number of hydrogen-bond acceptors (Lipinski definition) is 3. The van der Waals surface area contributed by atoms with E-state index >= 15 is 14.4 Å². The van der Waals surface area contributed by atoms with Crippen LogP contribution in [0.3, 0.4) is 0 Å². The third kappa shape index (κ3) is 2.92. The zero-order valence-corrected chi connectivity index (χ0v) is 26.6. The molecule has 48 heavy (non-hydrogen) atoms. The van der Waals surface area contributed by atoms with Crippen LogP contribution in [-0.2, 0) is 25.2 Å². The van der Waals surface area contributed by atoms with E-state index in [9.17, 15) is 0 Å². The molecule has 1 heterocycles. The number of nitrogens with zero attached hydrogens (tertiary/aromatic N) is 1. The van der Waals surface area contributed by atoms with Gasteiger partial charge in [0.2, 0.25) is 11.8 Å². The number of Topliss-reactive ketones (excluding diaryl/α,β-unsaturated/α-hetero) is 1. The van der Waals surface area contributed by atoms with Crippen LogP contribution < -0.4 is 4.90 Å². The van der Waals surface area contributed by atoms with Crippen LogP contribution in [0.2, 0.25) is 0 Å². The lowest BCUT2D eigenvalue weighted by Crippen LogP contribution is -2.45. The lowest BCUT2D eigenvalue weighted by Gasteiger charge is -2.38. The molecule has 0 N–H and O–H groups in total. The van der Waals surface area contributed by atoms with Gasteiger partial charge < -0.3 is 0 Å². The number of carbonyl (C=O) groups is 3. The molecule has 0 radical (unpaired) electrons. The lowest BCUT2D eigenvalue weighted by atomic mass is 9.59. The van der Waals surface area contributed by atoms with Gasteiger partial charge in [-0.3, -0.25) is 14.4 Å². The van der Waals surface area contributed by atoms with Gasteiger partial charge in [0.15, 0.2) is 5.78 Å². The number of ketones is 1. The largest absolute Gasteiger partial charge is 0.297 e. The SMILES string of the molecule is CC(C)c1ccccc1N1C(=O)[C@@H]2[C@H](C1=O)[C@@]1(c3ccccc3)C(=O)[C@@]2(c2ccccc2)c2c1c1cccc3ccc4cccc2c4c31. The predicted molar refractivity (Wildman–Crippen MR) is 190 cm³/mol. The molecule has 7 aromatic carbocycles. The molecule has 230 valence electrons. The van der Waals surface area contributed by atoms with Crippen molar-refractivity contribution in [3.05, 3.63) is 161 Å². The van der Waals surface area contributed by atoms with E-state index in [2.05, 4.69) is 62.4 Å². The number of benzene rings is 7. The Morgan fingerprint density at radius 2 is 0.979 bits per heavy atom. The quantitative estimate of drug-likeness (QED) is 0.146. The van der Waals surface area contributed by atoms with Gasteiger partial charge in [0.05, 0.1) is 28.4 Å². The molecule has 7 aromatic rings. The topological polar surface area (TPSA) is 54.5 Å². The van der Waals surface area contributed by atoms with E-state index in [0.717, 1.165) is 60.1 Å². The molecule has 2 bridgehead atoms. The van der Waals surface area contributed by atoms with E-state index in [1.54, 1.807) is 0 Å². The minimum absolute atomic E-state index is 0.0762. The maximum Gasteiger partial charge on any atom is 0.239 e. The summed E-state index contributed by atoms with van der Waals surface area (Å²) in [5.41, 5.74) is 2.06. The second-order valence-electron chi connectivity index (χ2n) is 14.0. The van der Waals surface area contributed by atoms with E-state index in [1.165, 1.54) is 4.90 Å². The number of fused-ring (bicyclic) bond motifs is 10. The summed E-state index contributed by atoms with van der Waals surface area (Å²) in [7, 11) is 0. The van der Waals surface area contributed by atoms with Gasteiger partial charge in [-0.2, -0.15) is 0 Å². The van der Waals surface area contributed by atoms with Crippen LogP contribution in [0.25, 0.3) is 32.3 Å². The van der Waals surface area contributed by atoms with Gasteiger partial charge in [0.1, 0.15) is 0 Å². The fraction of sp³-hybridized carbons (Fsp3) is 0.159. The molecular formula is C44H31NO3. The first kappa shape index (κ1) is 27.5. The highest BCUT2D eigenvalue weighted by Gasteiger charge is 2.82. The van der Waals surface area contributed by atoms with Crippen molar-refractivity contribution in [1.82, 2.24) is 0 Å². The summed E-state index contributed by atoms with van der Waals surface area (Å²) in [5, 5.41) is 6.31. The second kappa shape index (κ2) is 9.26.